The predicted octanol–water partition coefficient (Wildman–Crippen LogP) is 3.17. The molecule has 1 heterocycles. The quantitative estimate of drug-likeness (QED) is 0.884. The molecule has 1 saturated carbocycles. The van der Waals surface area contributed by atoms with Gasteiger partial charge in [-0.25, -0.2) is 4.39 Å². The van der Waals surface area contributed by atoms with E-state index in [2.05, 4.69) is 17.1 Å². The highest BCUT2D eigenvalue weighted by molar-refractivity contribution is 5.47. The van der Waals surface area contributed by atoms with Gasteiger partial charge in [0.25, 0.3) is 0 Å². The number of anilines is 1. The zero-order valence-electron chi connectivity index (χ0n) is 11.1. The molecular weight excluding hydrogens is 227 g/mol. The molecule has 3 heteroatoms. The summed E-state index contributed by atoms with van der Waals surface area (Å²) in [6.07, 6.45) is 3.87. The zero-order chi connectivity index (χ0) is 12.7. The van der Waals surface area contributed by atoms with Gasteiger partial charge in [-0.1, -0.05) is 0 Å². The molecule has 2 unspecified atom stereocenters. The summed E-state index contributed by atoms with van der Waals surface area (Å²) in [5.74, 6) is -0.150. The second-order valence-corrected chi connectivity index (χ2v) is 5.87. The van der Waals surface area contributed by atoms with Crippen LogP contribution in [0.1, 0.15) is 31.7 Å². The van der Waals surface area contributed by atoms with E-state index in [-0.39, 0.29) is 5.82 Å². The van der Waals surface area contributed by atoms with Crippen LogP contribution in [0.2, 0.25) is 0 Å². The van der Waals surface area contributed by atoms with Crippen molar-refractivity contribution >= 4 is 5.69 Å². The Morgan fingerprint density at radius 3 is 2.72 bits per heavy atom. The lowest BCUT2D eigenvalue weighted by Crippen LogP contribution is -2.31. The fraction of sp³-hybridized carbons (Fsp3) is 0.600. The van der Waals surface area contributed by atoms with Gasteiger partial charge in [-0.3, -0.25) is 4.90 Å². The van der Waals surface area contributed by atoms with Crippen LogP contribution in [0.3, 0.4) is 0 Å². The second-order valence-electron chi connectivity index (χ2n) is 5.87. The normalized spacial score (nSPS) is 28.6. The highest BCUT2D eigenvalue weighted by Crippen LogP contribution is 2.34. The number of nitrogens with zero attached hydrogens (tertiary/aromatic N) is 1. The summed E-state index contributed by atoms with van der Waals surface area (Å²) in [6.45, 7) is 5.33. The highest BCUT2D eigenvalue weighted by Gasteiger charge is 2.38. The molecule has 2 fully saturated rings. The Bertz CT molecular complexity index is 422. The van der Waals surface area contributed by atoms with Crippen molar-refractivity contribution in [2.24, 2.45) is 0 Å². The van der Waals surface area contributed by atoms with E-state index in [1.165, 1.54) is 12.8 Å². The Hall–Kier alpha value is -1.09. The van der Waals surface area contributed by atoms with Crippen LogP contribution in [-0.2, 0) is 0 Å². The van der Waals surface area contributed by atoms with Gasteiger partial charge >= 0.3 is 0 Å². The van der Waals surface area contributed by atoms with Crippen LogP contribution >= 0.6 is 0 Å². The van der Waals surface area contributed by atoms with Crippen molar-refractivity contribution in [1.29, 1.82) is 0 Å². The van der Waals surface area contributed by atoms with Crippen LogP contribution in [-0.4, -0.2) is 29.6 Å². The number of halogens is 1. The molecule has 18 heavy (non-hydrogen) atoms. The monoisotopic (exact) mass is 248 g/mol. The number of nitrogens with one attached hydrogen (secondary N) is 1. The van der Waals surface area contributed by atoms with Crippen molar-refractivity contribution < 1.29 is 4.39 Å². The van der Waals surface area contributed by atoms with Crippen LogP contribution in [0, 0.1) is 12.7 Å². The number of benzene rings is 1. The summed E-state index contributed by atoms with van der Waals surface area (Å²) < 4.78 is 13.3. The molecule has 0 amide bonds. The van der Waals surface area contributed by atoms with E-state index in [9.17, 15) is 4.39 Å². The molecule has 0 spiro atoms. The Morgan fingerprint density at radius 1 is 1.28 bits per heavy atom. The van der Waals surface area contributed by atoms with Gasteiger partial charge < -0.3 is 5.32 Å². The molecule has 2 aliphatic rings. The number of likely N-dealkylation sites (tertiary alicyclic amines) is 1. The SMILES string of the molecule is Cc1cc(F)cc(NC2CC(C)N(C3CC3)C2)c1. The molecule has 0 aromatic heterocycles. The molecule has 1 saturated heterocycles. The molecule has 1 aliphatic heterocycles. The van der Waals surface area contributed by atoms with Gasteiger partial charge in [0.2, 0.25) is 0 Å². The minimum atomic E-state index is -0.150. The topological polar surface area (TPSA) is 15.3 Å². The standard InChI is InChI=1S/C15H21FN2/c1-10-5-12(16)8-13(6-10)17-14-7-11(2)18(9-14)15-3-4-15/h5-6,8,11,14-15,17H,3-4,7,9H2,1-2H3. The molecule has 2 nitrogen and oxygen atoms in total. The Morgan fingerprint density at radius 2 is 2.06 bits per heavy atom. The summed E-state index contributed by atoms with van der Waals surface area (Å²) >= 11 is 0. The van der Waals surface area contributed by atoms with Crippen molar-refractivity contribution in [3.63, 3.8) is 0 Å². The van der Waals surface area contributed by atoms with Gasteiger partial charge in [0.05, 0.1) is 0 Å². The van der Waals surface area contributed by atoms with Gasteiger partial charge in [-0.2, -0.15) is 0 Å². The number of rotatable bonds is 3. The zero-order valence-corrected chi connectivity index (χ0v) is 11.1. The van der Waals surface area contributed by atoms with Gasteiger partial charge in [0, 0.05) is 30.4 Å². The summed E-state index contributed by atoms with van der Waals surface area (Å²) in [5.41, 5.74) is 1.89. The third-order valence-corrected chi connectivity index (χ3v) is 4.05. The molecule has 1 aromatic rings. The highest BCUT2D eigenvalue weighted by atomic mass is 19.1. The second kappa shape index (κ2) is 4.54. The maximum atomic E-state index is 13.3. The van der Waals surface area contributed by atoms with Crippen LogP contribution in [0.4, 0.5) is 10.1 Å². The molecule has 2 atom stereocenters. The van der Waals surface area contributed by atoms with E-state index in [0.717, 1.165) is 30.3 Å². The van der Waals surface area contributed by atoms with Crippen molar-refractivity contribution in [3.8, 4) is 0 Å². The average Bonchev–Trinajstić information content (AvgIpc) is 3.02. The van der Waals surface area contributed by atoms with Crippen LogP contribution in [0.15, 0.2) is 18.2 Å². The minimum absolute atomic E-state index is 0.150. The molecule has 1 aromatic carbocycles. The van der Waals surface area contributed by atoms with Crippen LogP contribution < -0.4 is 5.32 Å². The van der Waals surface area contributed by atoms with E-state index < -0.39 is 0 Å². The van der Waals surface area contributed by atoms with Gasteiger partial charge in [-0.05, 0) is 56.9 Å². The largest absolute Gasteiger partial charge is 0.381 e. The van der Waals surface area contributed by atoms with Crippen molar-refractivity contribution in [3.05, 3.63) is 29.6 Å². The van der Waals surface area contributed by atoms with Gasteiger partial charge in [0.15, 0.2) is 0 Å². The maximum Gasteiger partial charge on any atom is 0.125 e. The van der Waals surface area contributed by atoms with Gasteiger partial charge in [0.1, 0.15) is 5.82 Å². The van der Waals surface area contributed by atoms with Gasteiger partial charge in [-0.15, -0.1) is 0 Å². The van der Waals surface area contributed by atoms with E-state index in [1.807, 2.05) is 13.0 Å². The molecule has 0 radical (unpaired) electrons. The fourth-order valence-corrected chi connectivity index (χ4v) is 3.13. The van der Waals surface area contributed by atoms with Crippen LogP contribution in [0.25, 0.3) is 0 Å². The number of hydrogen-bond acceptors (Lipinski definition) is 2. The van der Waals surface area contributed by atoms with Crippen molar-refractivity contribution in [2.75, 3.05) is 11.9 Å². The smallest absolute Gasteiger partial charge is 0.125 e. The van der Waals surface area contributed by atoms with Crippen LogP contribution in [0.5, 0.6) is 0 Å². The van der Waals surface area contributed by atoms with E-state index >= 15 is 0 Å². The summed E-state index contributed by atoms with van der Waals surface area (Å²) in [7, 11) is 0. The first-order valence-corrected chi connectivity index (χ1v) is 6.91. The Balaban J connectivity index is 1.66. The third kappa shape index (κ3) is 2.51. The Labute approximate surface area is 108 Å². The molecular formula is C15H21FN2. The van der Waals surface area contributed by atoms with Crippen molar-refractivity contribution in [2.45, 2.75) is 51.2 Å². The third-order valence-electron chi connectivity index (χ3n) is 4.05. The Kier molecular flexibility index (Phi) is 3.02. The molecule has 1 aliphatic carbocycles. The molecule has 3 rings (SSSR count). The van der Waals surface area contributed by atoms with E-state index in [1.54, 1.807) is 12.1 Å². The minimum Gasteiger partial charge on any atom is -0.381 e. The molecule has 0 bridgehead atoms. The summed E-state index contributed by atoms with van der Waals surface area (Å²) in [4.78, 5) is 2.60. The van der Waals surface area contributed by atoms with E-state index in [0.29, 0.717) is 12.1 Å². The number of aryl methyl sites for hydroxylation is 1. The first-order chi connectivity index (χ1) is 8.61. The summed E-state index contributed by atoms with van der Waals surface area (Å²) in [6, 6.07) is 7.12. The summed E-state index contributed by atoms with van der Waals surface area (Å²) in [5, 5.41) is 3.48. The van der Waals surface area contributed by atoms with E-state index in [4.69, 9.17) is 0 Å². The lowest BCUT2D eigenvalue weighted by Gasteiger charge is -2.20. The maximum absolute atomic E-state index is 13.3. The lowest BCUT2D eigenvalue weighted by atomic mass is 10.1. The fourth-order valence-electron chi connectivity index (χ4n) is 3.13. The predicted molar refractivity (Wildman–Crippen MR) is 72.4 cm³/mol. The first-order valence-electron chi connectivity index (χ1n) is 6.91. The van der Waals surface area contributed by atoms with Crippen molar-refractivity contribution in [1.82, 2.24) is 4.90 Å². The lowest BCUT2D eigenvalue weighted by molar-refractivity contribution is 0.257. The first kappa shape index (κ1) is 12.0. The average molecular weight is 248 g/mol. The number of hydrogen-bond donors (Lipinski definition) is 1. The molecule has 98 valence electrons. The molecule has 1 N–H and O–H groups in total.